The molecule has 0 unspecified atom stereocenters. The zero-order valence-corrected chi connectivity index (χ0v) is 20.0. The standard InChI is InChI=1S/C26H34N6O2/c1-28-13-16-31(2)25-8-6-7-24(30-25)21(18-27)17-22(19-33)29-26(34)20-9-11-23(12-10-20)32-14-4-3-5-15-32/h6-12,17-19,28H,3-5,13-16,27H2,1-2H3,(H,29,34)/b21-18+,22-17+. The summed E-state index contributed by atoms with van der Waals surface area (Å²) in [6.45, 7) is 3.69. The van der Waals surface area contributed by atoms with Gasteiger partial charge >= 0.3 is 0 Å². The van der Waals surface area contributed by atoms with Crippen LogP contribution in [0.5, 0.6) is 0 Å². The largest absolute Gasteiger partial charge is 0.404 e. The van der Waals surface area contributed by atoms with Crippen molar-refractivity contribution in [3.63, 3.8) is 0 Å². The number of nitrogens with one attached hydrogen (secondary N) is 2. The molecule has 8 heteroatoms. The van der Waals surface area contributed by atoms with Crippen molar-refractivity contribution in [2.45, 2.75) is 19.3 Å². The molecule has 2 aromatic rings. The molecule has 1 saturated heterocycles. The molecule has 3 rings (SSSR count). The minimum atomic E-state index is -0.353. The maximum atomic E-state index is 12.7. The second-order valence-electron chi connectivity index (χ2n) is 8.29. The number of carbonyl (C=O) groups excluding carboxylic acids is 2. The van der Waals surface area contributed by atoms with E-state index in [2.05, 4.69) is 20.5 Å². The summed E-state index contributed by atoms with van der Waals surface area (Å²) in [6.07, 6.45) is 7.17. The third-order valence-electron chi connectivity index (χ3n) is 5.84. The topological polar surface area (TPSA) is 104 Å². The number of carbonyl (C=O) groups is 2. The van der Waals surface area contributed by atoms with Crippen molar-refractivity contribution in [3.05, 3.63) is 71.7 Å². The number of amides is 1. The number of benzene rings is 1. The highest BCUT2D eigenvalue weighted by Gasteiger charge is 2.13. The Labute approximate surface area is 201 Å². The number of pyridine rings is 1. The quantitative estimate of drug-likeness (QED) is 0.283. The van der Waals surface area contributed by atoms with Crippen molar-refractivity contribution in [2.24, 2.45) is 5.73 Å². The highest BCUT2D eigenvalue weighted by atomic mass is 16.2. The number of piperidine rings is 1. The molecule has 1 fully saturated rings. The Morgan fingerprint density at radius 2 is 1.88 bits per heavy atom. The summed E-state index contributed by atoms with van der Waals surface area (Å²) in [5, 5.41) is 5.79. The highest BCUT2D eigenvalue weighted by molar-refractivity contribution is 5.99. The molecule has 0 spiro atoms. The van der Waals surface area contributed by atoms with E-state index in [0.717, 1.165) is 37.7 Å². The Kier molecular flexibility index (Phi) is 9.22. The van der Waals surface area contributed by atoms with Crippen molar-refractivity contribution < 1.29 is 9.59 Å². The lowest BCUT2D eigenvalue weighted by Gasteiger charge is -2.28. The third kappa shape index (κ3) is 6.68. The molecule has 34 heavy (non-hydrogen) atoms. The normalized spacial score (nSPS) is 14.6. The van der Waals surface area contributed by atoms with Crippen molar-refractivity contribution in [3.8, 4) is 0 Å². The van der Waals surface area contributed by atoms with Crippen LogP contribution in [0.3, 0.4) is 0 Å². The van der Waals surface area contributed by atoms with Gasteiger partial charge in [-0.1, -0.05) is 6.07 Å². The molecule has 1 aromatic heterocycles. The number of allylic oxidation sites excluding steroid dienone is 3. The van der Waals surface area contributed by atoms with E-state index in [1.165, 1.54) is 31.5 Å². The molecular formula is C26H34N6O2. The molecular weight excluding hydrogens is 428 g/mol. The molecule has 4 N–H and O–H groups in total. The van der Waals surface area contributed by atoms with E-state index in [1.54, 1.807) is 12.1 Å². The van der Waals surface area contributed by atoms with Crippen LogP contribution in [0.1, 0.15) is 35.3 Å². The summed E-state index contributed by atoms with van der Waals surface area (Å²) in [6, 6.07) is 13.1. The zero-order valence-electron chi connectivity index (χ0n) is 20.0. The van der Waals surface area contributed by atoms with E-state index < -0.39 is 0 Å². The Hall–Kier alpha value is -3.65. The van der Waals surface area contributed by atoms with E-state index in [1.807, 2.05) is 49.3 Å². The van der Waals surface area contributed by atoms with Crippen LogP contribution in [-0.2, 0) is 4.79 Å². The van der Waals surface area contributed by atoms with Crippen molar-refractivity contribution >= 4 is 29.3 Å². The Balaban J connectivity index is 1.71. The van der Waals surface area contributed by atoms with Gasteiger partial charge in [-0.3, -0.25) is 9.59 Å². The molecule has 1 amide bonds. The van der Waals surface area contributed by atoms with Crippen LogP contribution in [0.4, 0.5) is 11.5 Å². The van der Waals surface area contributed by atoms with Crippen LogP contribution in [0.2, 0.25) is 0 Å². The lowest BCUT2D eigenvalue weighted by Crippen LogP contribution is -2.29. The molecule has 1 aliphatic rings. The van der Waals surface area contributed by atoms with Gasteiger partial charge in [-0.05, 0) is 68.8 Å². The second kappa shape index (κ2) is 12.6. The predicted octanol–water partition coefficient (Wildman–Crippen LogP) is 2.54. The Morgan fingerprint density at radius 1 is 1.15 bits per heavy atom. The van der Waals surface area contributed by atoms with Gasteiger partial charge in [0.15, 0.2) is 6.29 Å². The summed E-state index contributed by atoms with van der Waals surface area (Å²) in [4.78, 5) is 33.5. The first-order chi connectivity index (χ1) is 16.5. The highest BCUT2D eigenvalue weighted by Crippen LogP contribution is 2.21. The Morgan fingerprint density at radius 3 is 2.53 bits per heavy atom. The summed E-state index contributed by atoms with van der Waals surface area (Å²) < 4.78 is 0. The van der Waals surface area contributed by atoms with E-state index in [0.29, 0.717) is 23.1 Å². The monoisotopic (exact) mass is 462 g/mol. The number of hydrogen-bond donors (Lipinski definition) is 3. The number of likely N-dealkylation sites (N-methyl/N-ethyl adjacent to an activating group) is 2. The van der Waals surface area contributed by atoms with Gasteiger partial charge in [-0.15, -0.1) is 0 Å². The third-order valence-corrected chi connectivity index (χ3v) is 5.84. The van der Waals surface area contributed by atoms with Crippen LogP contribution in [0.25, 0.3) is 5.57 Å². The Bertz CT molecular complexity index is 1030. The first-order valence-electron chi connectivity index (χ1n) is 11.6. The molecule has 0 aliphatic carbocycles. The number of nitrogens with two attached hydrogens (primary N) is 1. The molecule has 0 saturated carbocycles. The van der Waals surface area contributed by atoms with Gasteiger partial charge in [0.05, 0.1) is 11.4 Å². The first-order valence-corrected chi connectivity index (χ1v) is 11.6. The number of anilines is 2. The molecule has 0 atom stereocenters. The zero-order chi connectivity index (χ0) is 24.3. The van der Waals surface area contributed by atoms with Crippen LogP contribution >= 0.6 is 0 Å². The van der Waals surface area contributed by atoms with Crippen LogP contribution in [0, 0.1) is 0 Å². The van der Waals surface area contributed by atoms with Crippen molar-refractivity contribution in [2.75, 3.05) is 50.1 Å². The maximum Gasteiger partial charge on any atom is 0.255 e. The SMILES string of the molecule is CNCCN(C)c1cccc(C(/C=C(\C=O)NC(=O)c2ccc(N3CCCCC3)cc2)=C/N)n1. The van der Waals surface area contributed by atoms with E-state index >= 15 is 0 Å². The van der Waals surface area contributed by atoms with E-state index in [4.69, 9.17) is 5.73 Å². The predicted molar refractivity (Wildman–Crippen MR) is 138 cm³/mol. The van der Waals surface area contributed by atoms with Crippen LogP contribution in [-0.4, -0.2) is 57.5 Å². The fraction of sp³-hybridized carbons (Fsp3) is 0.346. The van der Waals surface area contributed by atoms with Crippen molar-refractivity contribution in [1.82, 2.24) is 15.6 Å². The van der Waals surface area contributed by atoms with E-state index in [-0.39, 0.29) is 11.6 Å². The van der Waals surface area contributed by atoms with Gasteiger partial charge in [-0.2, -0.15) is 0 Å². The van der Waals surface area contributed by atoms with Crippen LogP contribution in [0.15, 0.2) is 60.4 Å². The average molecular weight is 463 g/mol. The lowest BCUT2D eigenvalue weighted by atomic mass is 10.1. The number of rotatable bonds is 10. The second-order valence-corrected chi connectivity index (χ2v) is 8.29. The number of aldehydes is 1. The molecule has 1 aromatic carbocycles. The molecule has 0 bridgehead atoms. The van der Waals surface area contributed by atoms with Gasteiger partial charge < -0.3 is 26.2 Å². The summed E-state index contributed by atoms with van der Waals surface area (Å²) in [5.74, 6) is 0.430. The fourth-order valence-corrected chi connectivity index (χ4v) is 3.84. The van der Waals surface area contributed by atoms with Crippen LogP contribution < -0.4 is 26.2 Å². The van der Waals surface area contributed by atoms with Gasteiger partial charge in [0, 0.05) is 56.3 Å². The summed E-state index contributed by atoms with van der Waals surface area (Å²) in [5.41, 5.74) is 8.69. The number of aromatic nitrogens is 1. The lowest BCUT2D eigenvalue weighted by molar-refractivity contribution is -0.105. The van der Waals surface area contributed by atoms with Gasteiger partial charge in [0.25, 0.3) is 5.91 Å². The molecule has 1 aliphatic heterocycles. The maximum absolute atomic E-state index is 12.7. The summed E-state index contributed by atoms with van der Waals surface area (Å²) >= 11 is 0. The van der Waals surface area contributed by atoms with Gasteiger partial charge in [0.2, 0.25) is 0 Å². The van der Waals surface area contributed by atoms with E-state index in [9.17, 15) is 9.59 Å². The number of hydrogen-bond acceptors (Lipinski definition) is 7. The average Bonchev–Trinajstić information content (AvgIpc) is 2.90. The summed E-state index contributed by atoms with van der Waals surface area (Å²) in [7, 11) is 3.86. The van der Waals surface area contributed by atoms with Gasteiger partial charge in [0.1, 0.15) is 5.82 Å². The first kappa shape index (κ1) is 25.0. The molecule has 2 heterocycles. The fourth-order valence-electron chi connectivity index (χ4n) is 3.84. The molecule has 180 valence electrons. The van der Waals surface area contributed by atoms with Crippen molar-refractivity contribution in [1.29, 1.82) is 0 Å². The molecule has 8 nitrogen and oxygen atoms in total. The molecule has 0 radical (unpaired) electrons. The number of nitrogens with zero attached hydrogens (tertiary/aromatic N) is 3. The minimum absolute atomic E-state index is 0.109. The smallest absolute Gasteiger partial charge is 0.255 e. The van der Waals surface area contributed by atoms with Gasteiger partial charge in [-0.25, -0.2) is 4.98 Å². The minimum Gasteiger partial charge on any atom is -0.404 e.